The molecule has 1 fully saturated rings. The number of thiophene rings is 1. The molecule has 2 aromatic carbocycles. The highest BCUT2D eigenvalue weighted by Crippen LogP contribution is 2.41. The Kier molecular flexibility index (Phi) is 7.22. The van der Waals surface area contributed by atoms with Crippen molar-refractivity contribution in [1.82, 2.24) is 4.90 Å². The monoisotopic (exact) mass is 463 g/mol. The standard InChI is InChI=1S/C26H25NO5S/c1-31-15-6-14-27-23(21-9-5-16-33-21)22(25(29)26(27)30)24(28)19-10-12-20(13-11-19)32-17-18-7-3-2-4-8-18/h2-5,7-13,16,23,28H,6,14-15,17H2,1H3/b24-22+. The number of hydrogen-bond donors (Lipinski definition) is 1. The van der Waals surface area contributed by atoms with E-state index in [-0.39, 0.29) is 11.3 Å². The first kappa shape index (κ1) is 22.8. The van der Waals surface area contributed by atoms with E-state index in [0.29, 0.717) is 37.5 Å². The fraction of sp³-hybridized carbons (Fsp3) is 0.231. The average molecular weight is 464 g/mol. The average Bonchev–Trinajstić information content (AvgIpc) is 3.46. The second-order valence-corrected chi connectivity index (χ2v) is 8.63. The van der Waals surface area contributed by atoms with Crippen LogP contribution in [0.3, 0.4) is 0 Å². The van der Waals surface area contributed by atoms with Crippen molar-refractivity contribution in [3.05, 3.63) is 93.7 Å². The molecule has 1 atom stereocenters. The largest absolute Gasteiger partial charge is 0.507 e. The third-order valence-corrected chi connectivity index (χ3v) is 6.40. The van der Waals surface area contributed by atoms with Crippen LogP contribution in [0.25, 0.3) is 5.76 Å². The van der Waals surface area contributed by atoms with E-state index in [1.165, 1.54) is 16.2 Å². The molecule has 0 saturated carbocycles. The Hall–Kier alpha value is -3.42. The maximum atomic E-state index is 12.9. The van der Waals surface area contributed by atoms with Gasteiger partial charge in [0.1, 0.15) is 18.1 Å². The number of ether oxygens (including phenoxy) is 2. The molecular weight excluding hydrogens is 438 g/mol. The molecule has 6 nitrogen and oxygen atoms in total. The second-order valence-electron chi connectivity index (χ2n) is 7.65. The number of amides is 1. The zero-order valence-electron chi connectivity index (χ0n) is 18.3. The Bertz CT molecular complexity index is 1120. The van der Waals surface area contributed by atoms with E-state index in [0.717, 1.165) is 10.4 Å². The summed E-state index contributed by atoms with van der Waals surface area (Å²) in [5.41, 5.74) is 1.62. The van der Waals surface area contributed by atoms with E-state index in [1.54, 1.807) is 31.4 Å². The van der Waals surface area contributed by atoms with Crippen LogP contribution >= 0.6 is 11.3 Å². The minimum absolute atomic E-state index is 0.109. The highest BCUT2D eigenvalue weighted by Gasteiger charge is 2.46. The van der Waals surface area contributed by atoms with Crippen molar-refractivity contribution in [2.24, 2.45) is 0 Å². The number of rotatable bonds is 9. The molecule has 0 radical (unpaired) electrons. The summed E-state index contributed by atoms with van der Waals surface area (Å²) in [5.74, 6) is -0.817. The van der Waals surface area contributed by atoms with Crippen molar-refractivity contribution in [2.45, 2.75) is 19.1 Å². The fourth-order valence-electron chi connectivity index (χ4n) is 3.84. The summed E-state index contributed by atoms with van der Waals surface area (Å²) in [7, 11) is 1.60. The third kappa shape index (κ3) is 4.99. The highest BCUT2D eigenvalue weighted by molar-refractivity contribution is 7.10. The molecule has 1 saturated heterocycles. The zero-order valence-corrected chi connectivity index (χ0v) is 19.1. The normalized spacial score (nSPS) is 17.5. The Morgan fingerprint density at radius 1 is 1.03 bits per heavy atom. The van der Waals surface area contributed by atoms with Gasteiger partial charge in [-0.2, -0.15) is 0 Å². The molecule has 1 amide bonds. The Morgan fingerprint density at radius 3 is 2.45 bits per heavy atom. The number of aliphatic hydroxyl groups is 1. The molecule has 1 aliphatic rings. The molecule has 0 aliphatic carbocycles. The molecule has 3 aromatic rings. The first-order chi connectivity index (χ1) is 16.1. The molecule has 0 spiro atoms. The van der Waals surface area contributed by atoms with E-state index in [2.05, 4.69) is 0 Å². The van der Waals surface area contributed by atoms with Gasteiger partial charge in [-0.05, 0) is 47.7 Å². The van der Waals surface area contributed by atoms with Crippen LogP contribution < -0.4 is 4.74 Å². The number of ketones is 1. The zero-order chi connectivity index (χ0) is 23.2. The molecule has 2 heterocycles. The Balaban J connectivity index is 1.60. The predicted octanol–water partition coefficient (Wildman–Crippen LogP) is 4.79. The van der Waals surface area contributed by atoms with Crippen LogP contribution in [0.1, 0.15) is 28.5 Å². The first-order valence-electron chi connectivity index (χ1n) is 10.7. The summed E-state index contributed by atoms with van der Waals surface area (Å²) in [6, 6.07) is 19.8. The number of Topliss-reactive ketones (excluding diaryl/α,β-unsaturated/α-hetero) is 1. The molecule has 0 bridgehead atoms. The molecule has 1 aliphatic heterocycles. The molecule has 1 N–H and O–H groups in total. The third-order valence-electron chi connectivity index (χ3n) is 5.48. The van der Waals surface area contributed by atoms with E-state index < -0.39 is 17.7 Å². The molecule has 170 valence electrons. The molecule has 1 aromatic heterocycles. The molecule has 1 unspecified atom stereocenters. The van der Waals surface area contributed by atoms with Crippen molar-refractivity contribution in [1.29, 1.82) is 0 Å². The van der Waals surface area contributed by atoms with Crippen molar-refractivity contribution >= 4 is 28.8 Å². The van der Waals surface area contributed by atoms with Gasteiger partial charge >= 0.3 is 0 Å². The van der Waals surface area contributed by atoms with Gasteiger partial charge in [0.15, 0.2) is 0 Å². The number of aliphatic hydroxyl groups excluding tert-OH is 1. The lowest BCUT2D eigenvalue weighted by molar-refractivity contribution is -0.140. The van der Waals surface area contributed by atoms with E-state index >= 15 is 0 Å². The number of nitrogens with zero attached hydrogens (tertiary/aromatic N) is 1. The predicted molar refractivity (Wildman–Crippen MR) is 127 cm³/mol. The van der Waals surface area contributed by atoms with Crippen molar-refractivity contribution in [3.63, 3.8) is 0 Å². The smallest absolute Gasteiger partial charge is 0.295 e. The summed E-state index contributed by atoms with van der Waals surface area (Å²) >= 11 is 1.45. The van der Waals surface area contributed by atoms with Crippen LogP contribution in [0.4, 0.5) is 0 Å². The fourth-order valence-corrected chi connectivity index (χ4v) is 4.68. The number of methoxy groups -OCH3 is 1. The Morgan fingerprint density at radius 2 is 1.79 bits per heavy atom. The second kappa shape index (κ2) is 10.5. The number of likely N-dealkylation sites (tertiary alicyclic amines) is 1. The van der Waals surface area contributed by atoms with Crippen LogP contribution in [0.2, 0.25) is 0 Å². The lowest BCUT2D eigenvalue weighted by Gasteiger charge is -2.24. The lowest BCUT2D eigenvalue weighted by atomic mass is 10.00. The summed E-state index contributed by atoms with van der Waals surface area (Å²) in [4.78, 5) is 28.1. The van der Waals surface area contributed by atoms with Gasteiger partial charge in [0.05, 0.1) is 11.6 Å². The van der Waals surface area contributed by atoms with Gasteiger partial charge in [0.25, 0.3) is 11.7 Å². The van der Waals surface area contributed by atoms with Gasteiger partial charge in [0, 0.05) is 30.7 Å². The summed E-state index contributed by atoms with van der Waals surface area (Å²) in [5, 5.41) is 13.0. The maximum Gasteiger partial charge on any atom is 0.295 e. The van der Waals surface area contributed by atoms with E-state index in [9.17, 15) is 14.7 Å². The van der Waals surface area contributed by atoms with Crippen LogP contribution in [-0.4, -0.2) is 42.0 Å². The van der Waals surface area contributed by atoms with Crippen LogP contribution in [-0.2, 0) is 20.9 Å². The van der Waals surface area contributed by atoms with Crippen LogP contribution in [0.15, 0.2) is 77.7 Å². The number of benzene rings is 2. The van der Waals surface area contributed by atoms with Crippen LogP contribution in [0, 0.1) is 0 Å². The van der Waals surface area contributed by atoms with Crippen molar-refractivity contribution in [2.75, 3.05) is 20.3 Å². The quantitative estimate of drug-likeness (QED) is 0.214. The van der Waals surface area contributed by atoms with Gasteiger partial charge in [-0.25, -0.2) is 0 Å². The van der Waals surface area contributed by atoms with Gasteiger partial charge in [-0.1, -0.05) is 36.4 Å². The molecule has 33 heavy (non-hydrogen) atoms. The van der Waals surface area contributed by atoms with Gasteiger partial charge in [-0.3, -0.25) is 9.59 Å². The van der Waals surface area contributed by atoms with Gasteiger partial charge in [0.2, 0.25) is 0 Å². The lowest BCUT2D eigenvalue weighted by Crippen LogP contribution is -2.31. The van der Waals surface area contributed by atoms with E-state index in [4.69, 9.17) is 9.47 Å². The minimum Gasteiger partial charge on any atom is -0.507 e. The number of carbonyl (C=O) groups excluding carboxylic acids is 2. The molecule has 4 rings (SSSR count). The topological polar surface area (TPSA) is 76.1 Å². The molecule has 7 heteroatoms. The summed E-state index contributed by atoms with van der Waals surface area (Å²) < 4.78 is 10.9. The van der Waals surface area contributed by atoms with E-state index in [1.807, 2.05) is 47.8 Å². The minimum atomic E-state index is -0.673. The number of hydrogen-bond acceptors (Lipinski definition) is 6. The molecular formula is C26H25NO5S. The van der Waals surface area contributed by atoms with Crippen molar-refractivity contribution in [3.8, 4) is 5.75 Å². The van der Waals surface area contributed by atoms with Crippen LogP contribution in [0.5, 0.6) is 5.75 Å². The number of carbonyl (C=O) groups is 2. The Labute approximate surface area is 196 Å². The summed E-state index contributed by atoms with van der Waals surface area (Å²) in [6.07, 6.45) is 0.596. The SMILES string of the molecule is COCCCN1C(=O)C(=O)/C(=C(/O)c2ccc(OCc3ccccc3)cc2)C1c1cccs1. The maximum absolute atomic E-state index is 12.9. The summed E-state index contributed by atoms with van der Waals surface area (Å²) in [6.45, 7) is 1.27. The van der Waals surface area contributed by atoms with Gasteiger partial charge in [-0.15, -0.1) is 11.3 Å². The van der Waals surface area contributed by atoms with Gasteiger partial charge < -0.3 is 19.5 Å². The first-order valence-corrected chi connectivity index (χ1v) is 11.6. The highest BCUT2D eigenvalue weighted by atomic mass is 32.1. The van der Waals surface area contributed by atoms with Crippen molar-refractivity contribution < 1.29 is 24.2 Å².